The van der Waals surface area contributed by atoms with Gasteiger partial charge in [-0.15, -0.1) is 0 Å². The smallest absolute Gasteiger partial charge is 0.329 e. The fourth-order valence-electron chi connectivity index (χ4n) is 2.07. The van der Waals surface area contributed by atoms with Gasteiger partial charge < -0.3 is 10.4 Å². The van der Waals surface area contributed by atoms with Gasteiger partial charge in [0.2, 0.25) is 5.91 Å². The van der Waals surface area contributed by atoms with E-state index >= 15 is 0 Å². The Morgan fingerprint density at radius 3 is 2.52 bits per heavy atom. The maximum absolute atomic E-state index is 11.9. The molecule has 0 saturated heterocycles. The van der Waals surface area contributed by atoms with Crippen LogP contribution in [0.3, 0.4) is 0 Å². The first-order valence-corrected chi connectivity index (χ1v) is 7.52. The van der Waals surface area contributed by atoms with Crippen LogP contribution in [0.5, 0.6) is 0 Å². The van der Waals surface area contributed by atoms with Crippen LogP contribution < -0.4 is 5.32 Å². The third-order valence-electron chi connectivity index (χ3n) is 3.27. The zero-order valence-electron chi connectivity index (χ0n) is 12.1. The summed E-state index contributed by atoms with van der Waals surface area (Å²) in [5, 5.41) is 12.9. The average molecular weight is 332 g/mol. The van der Waals surface area contributed by atoms with Crippen molar-refractivity contribution in [3.8, 4) is 0 Å². The Kier molecular flexibility index (Phi) is 6.49. The maximum Gasteiger partial charge on any atom is 0.329 e. The van der Waals surface area contributed by atoms with Crippen molar-refractivity contribution in [2.75, 3.05) is 0 Å². The number of carboxylic acid groups (broad SMARTS) is 1. The number of carbonyl (C=O) groups excluding carboxylic acids is 1. The topological polar surface area (TPSA) is 66.4 Å². The van der Waals surface area contributed by atoms with E-state index in [4.69, 9.17) is 23.2 Å². The molecular weight excluding hydrogens is 313 g/mol. The standard InChI is InChI=1S/C15H19Cl2NO3/c1-3-8-15(2,14(20)21)18-13(19)7-5-10-4-6-11(16)9-12(10)17/h4,6,9H,3,5,7-8H2,1-2H3,(H,18,19)(H,20,21). The van der Waals surface area contributed by atoms with Crippen molar-refractivity contribution in [3.63, 3.8) is 0 Å². The van der Waals surface area contributed by atoms with Crippen molar-refractivity contribution in [1.29, 1.82) is 0 Å². The van der Waals surface area contributed by atoms with Crippen molar-refractivity contribution >= 4 is 35.1 Å². The highest BCUT2D eigenvalue weighted by Crippen LogP contribution is 2.22. The molecule has 116 valence electrons. The number of carbonyl (C=O) groups is 2. The van der Waals surface area contributed by atoms with E-state index in [0.29, 0.717) is 29.3 Å². The predicted molar refractivity (Wildman–Crippen MR) is 83.9 cm³/mol. The molecule has 1 aromatic carbocycles. The van der Waals surface area contributed by atoms with E-state index < -0.39 is 11.5 Å². The van der Waals surface area contributed by atoms with Gasteiger partial charge in [0.1, 0.15) is 5.54 Å². The molecule has 2 N–H and O–H groups in total. The first kappa shape index (κ1) is 17.8. The molecule has 0 radical (unpaired) electrons. The minimum atomic E-state index is -1.23. The number of aliphatic carboxylic acids is 1. The molecule has 4 nitrogen and oxygen atoms in total. The first-order chi connectivity index (χ1) is 9.78. The van der Waals surface area contributed by atoms with Gasteiger partial charge in [0.05, 0.1) is 0 Å². The number of rotatable bonds is 7. The molecule has 0 fully saturated rings. The van der Waals surface area contributed by atoms with Crippen LogP contribution in [0.25, 0.3) is 0 Å². The summed E-state index contributed by atoms with van der Waals surface area (Å²) in [6.07, 6.45) is 1.67. The summed E-state index contributed by atoms with van der Waals surface area (Å²) in [5.41, 5.74) is -0.418. The molecule has 1 atom stereocenters. The number of hydrogen-bond donors (Lipinski definition) is 2. The predicted octanol–water partition coefficient (Wildman–Crippen LogP) is 3.69. The zero-order chi connectivity index (χ0) is 16.0. The highest BCUT2D eigenvalue weighted by atomic mass is 35.5. The van der Waals surface area contributed by atoms with E-state index in [9.17, 15) is 14.7 Å². The summed E-state index contributed by atoms with van der Waals surface area (Å²) in [7, 11) is 0. The van der Waals surface area contributed by atoms with Crippen LogP contribution in [-0.4, -0.2) is 22.5 Å². The molecule has 1 aromatic rings. The lowest BCUT2D eigenvalue weighted by molar-refractivity contribution is -0.147. The summed E-state index contributed by atoms with van der Waals surface area (Å²) >= 11 is 11.8. The molecule has 1 amide bonds. The van der Waals surface area contributed by atoms with Crippen molar-refractivity contribution in [2.24, 2.45) is 0 Å². The highest BCUT2D eigenvalue weighted by Gasteiger charge is 2.33. The number of aryl methyl sites for hydroxylation is 1. The lowest BCUT2D eigenvalue weighted by Crippen LogP contribution is -2.52. The van der Waals surface area contributed by atoms with Crippen molar-refractivity contribution in [3.05, 3.63) is 33.8 Å². The SMILES string of the molecule is CCCC(C)(NC(=O)CCc1ccc(Cl)cc1Cl)C(=O)O. The van der Waals surface area contributed by atoms with Gasteiger partial charge in [0, 0.05) is 16.5 Å². The summed E-state index contributed by atoms with van der Waals surface area (Å²) in [6.45, 7) is 3.40. The number of halogens is 2. The largest absolute Gasteiger partial charge is 0.480 e. The summed E-state index contributed by atoms with van der Waals surface area (Å²) < 4.78 is 0. The molecule has 0 aliphatic rings. The first-order valence-electron chi connectivity index (χ1n) is 6.77. The van der Waals surface area contributed by atoms with Gasteiger partial charge in [-0.3, -0.25) is 4.79 Å². The summed E-state index contributed by atoms with van der Waals surface area (Å²) in [5.74, 6) is -1.33. The summed E-state index contributed by atoms with van der Waals surface area (Å²) in [6, 6.07) is 5.09. The molecule has 0 saturated carbocycles. The minimum absolute atomic E-state index is 0.175. The van der Waals surface area contributed by atoms with Gasteiger partial charge >= 0.3 is 5.97 Å². The molecule has 0 aromatic heterocycles. The van der Waals surface area contributed by atoms with Gasteiger partial charge in [-0.1, -0.05) is 42.6 Å². The Labute approximate surface area is 134 Å². The third kappa shape index (κ3) is 5.21. The molecule has 1 unspecified atom stereocenters. The Morgan fingerprint density at radius 2 is 2.00 bits per heavy atom. The lowest BCUT2D eigenvalue weighted by atomic mass is 9.96. The van der Waals surface area contributed by atoms with Crippen LogP contribution in [0, 0.1) is 0 Å². The molecule has 21 heavy (non-hydrogen) atoms. The van der Waals surface area contributed by atoms with E-state index in [1.54, 1.807) is 18.2 Å². The Bertz CT molecular complexity index is 534. The molecule has 0 aliphatic heterocycles. The number of amides is 1. The van der Waals surface area contributed by atoms with Crippen LogP contribution >= 0.6 is 23.2 Å². The number of nitrogens with one attached hydrogen (secondary N) is 1. The van der Waals surface area contributed by atoms with E-state index in [-0.39, 0.29) is 12.3 Å². The Morgan fingerprint density at radius 1 is 1.33 bits per heavy atom. The molecule has 1 rings (SSSR count). The van der Waals surface area contributed by atoms with E-state index in [1.165, 1.54) is 6.92 Å². The molecule has 0 heterocycles. The van der Waals surface area contributed by atoms with Crippen LogP contribution in [0.2, 0.25) is 10.0 Å². The van der Waals surface area contributed by atoms with E-state index in [1.807, 2.05) is 6.92 Å². The molecule has 6 heteroatoms. The van der Waals surface area contributed by atoms with Crippen LogP contribution in [0.1, 0.15) is 38.7 Å². The monoisotopic (exact) mass is 331 g/mol. The fourth-order valence-corrected chi connectivity index (χ4v) is 2.57. The Hall–Kier alpha value is -1.26. The van der Waals surface area contributed by atoms with Crippen LogP contribution in [0.15, 0.2) is 18.2 Å². The number of carboxylic acids is 1. The van der Waals surface area contributed by atoms with Crippen molar-refractivity contribution in [1.82, 2.24) is 5.32 Å². The van der Waals surface area contributed by atoms with Gasteiger partial charge in [0.25, 0.3) is 0 Å². The quantitative estimate of drug-likeness (QED) is 0.800. The lowest BCUT2D eigenvalue weighted by Gasteiger charge is -2.25. The zero-order valence-corrected chi connectivity index (χ0v) is 13.6. The van der Waals surface area contributed by atoms with Crippen molar-refractivity contribution in [2.45, 2.75) is 45.1 Å². The van der Waals surface area contributed by atoms with Gasteiger partial charge in [-0.25, -0.2) is 4.79 Å². The average Bonchev–Trinajstić information content (AvgIpc) is 2.37. The minimum Gasteiger partial charge on any atom is -0.480 e. The molecule has 0 bridgehead atoms. The molecule has 0 spiro atoms. The fraction of sp³-hybridized carbons (Fsp3) is 0.467. The molecule has 0 aliphatic carbocycles. The van der Waals surface area contributed by atoms with Gasteiger partial charge in [0.15, 0.2) is 0 Å². The highest BCUT2D eigenvalue weighted by molar-refractivity contribution is 6.35. The second-order valence-electron chi connectivity index (χ2n) is 5.17. The van der Waals surface area contributed by atoms with Crippen molar-refractivity contribution < 1.29 is 14.7 Å². The van der Waals surface area contributed by atoms with Gasteiger partial charge in [-0.05, 0) is 37.5 Å². The number of benzene rings is 1. The van der Waals surface area contributed by atoms with E-state index in [2.05, 4.69) is 5.32 Å². The molecular formula is C15H19Cl2NO3. The van der Waals surface area contributed by atoms with E-state index in [0.717, 1.165) is 5.56 Å². The van der Waals surface area contributed by atoms with Crippen LogP contribution in [0.4, 0.5) is 0 Å². The normalized spacial score (nSPS) is 13.5. The van der Waals surface area contributed by atoms with Gasteiger partial charge in [-0.2, -0.15) is 0 Å². The van der Waals surface area contributed by atoms with Crippen LogP contribution in [-0.2, 0) is 16.0 Å². The maximum atomic E-state index is 11.9. The second-order valence-corrected chi connectivity index (χ2v) is 6.01. The second kappa shape index (κ2) is 7.66. The summed E-state index contributed by atoms with van der Waals surface area (Å²) in [4.78, 5) is 23.2. The number of hydrogen-bond acceptors (Lipinski definition) is 2. The Balaban J connectivity index is 2.63. The third-order valence-corrected chi connectivity index (χ3v) is 3.86.